The Bertz CT molecular complexity index is 252. The number of nitrogens with zero attached hydrogens (tertiary/aromatic N) is 1. The van der Waals surface area contributed by atoms with Gasteiger partial charge in [0.15, 0.2) is 0 Å². The van der Waals surface area contributed by atoms with Crippen LogP contribution in [0.15, 0.2) is 0 Å². The molecule has 0 bridgehead atoms. The van der Waals surface area contributed by atoms with Gasteiger partial charge in [0.25, 0.3) is 0 Å². The third kappa shape index (κ3) is 3.06. The van der Waals surface area contributed by atoms with E-state index in [1.54, 1.807) is 0 Å². The number of hydrogen-bond acceptors (Lipinski definition) is 3. The molecule has 2 saturated heterocycles. The Kier molecular flexibility index (Phi) is 4.22. The Labute approximate surface area is 111 Å². The van der Waals surface area contributed by atoms with Gasteiger partial charge in [0, 0.05) is 38.3 Å². The largest absolute Gasteiger partial charge is 0.378 e. The standard InChI is InChI=1S/C15H28N2O/c1-2-7-15(8-3-1)13-17(11-9-16-15)10-6-14-5-4-12-18-14/h14,16H,1-13H2. The molecule has 1 unspecified atom stereocenters. The van der Waals surface area contributed by atoms with Crippen molar-refractivity contribution in [1.82, 2.24) is 10.2 Å². The van der Waals surface area contributed by atoms with Crippen LogP contribution >= 0.6 is 0 Å². The van der Waals surface area contributed by atoms with Gasteiger partial charge < -0.3 is 15.0 Å². The molecule has 1 saturated carbocycles. The minimum atomic E-state index is 0.465. The maximum absolute atomic E-state index is 5.74. The van der Waals surface area contributed by atoms with Crippen molar-refractivity contribution in [1.29, 1.82) is 0 Å². The van der Waals surface area contributed by atoms with Gasteiger partial charge in [-0.15, -0.1) is 0 Å². The van der Waals surface area contributed by atoms with Crippen molar-refractivity contribution in [3.63, 3.8) is 0 Å². The van der Waals surface area contributed by atoms with Gasteiger partial charge in [-0.2, -0.15) is 0 Å². The average molecular weight is 252 g/mol. The number of piperazine rings is 1. The molecule has 1 aliphatic carbocycles. The first kappa shape index (κ1) is 12.9. The highest BCUT2D eigenvalue weighted by Crippen LogP contribution is 2.30. The molecular weight excluding hydrogens is 224 g/mol. The normalized spacial score (nSPS) is 33.0. The summed E-state index contributed by atoms with van der Waals surface area (Å²) in [5.74, 6) is 0. The van der Waals surface area contributed by atoms with Gasteiger partial charge >= 0.3 is 0 Å². The summed E-state index contributed by atoms with van der Waals surface area (Å²) >= 11 is 0. The lowest BCUT2D eigenvalue weighted by molar-refractivity contribution is 0.0654. The van der Waals surface area contributed by atoms with Crippen LogP contribution in [0.4, 0.5) is 0 Å². The molecule has 104 valence electrons. The third-order valence-electron chi connectivity index (χ3n) is 5.06. The van der Waals surface area contributed by atoms with E-state index in [0.29, 0.717) is 11.6 Å². The molecule has 1 atom stereocenters. The van der Waals surface area contributed by atoms with Crippen molar-refractivity contribution >= 4 is 0 Å². The Morgan fingerprint density at radius 1 is 1.17 bits per heavy atom. The zero-order valence-corrected chi connectivity index (χ0v) is 11.6. The van der Waals surface area contributed by atoms with E-state index in [-0.39, 0.29) is 0 Å². The molecule has 18 heavy (non-hydrogen) atoms. The van der Waals surface area contributed by atoms with Crippen LogP contribution in [0.25, 0.3) is 0 Å². The van der Waals surface area contributed by atoms with E-state index in [1.165, 1.54) is 77.5 Å². The summed E-state index contributed by atoms with van der Waals surface area (Å²) < 4.78 is 5.74. The molecule has 1 spiro atoms. The van der Waals surface area contributed by atoms with E-state index in [1.807, 2.05) is 0 Å². The lowest BCUT2D eigenvalue weighted by atomic mass is 9.80. The molecule has 0 amide bonds. The fraction of sp³-hybridized carbons (Fsp3) is 1.00. The van der Waals surface area contributed by atoms with E-state index < -0.39 is 0 Å². The topological polar surface area (TPSA) is 24.5 Å². The molecule has 3 rings (SSSR count). The Balaban J connectivity index is 1.47. The zero-order chi connectivity index (χ0) is 12.3. The Morgan fingerprint density at radius 3 is 2.83 bits per heavy atom. The van der Waals surface area contributed by atoms with Crippen molar-refractivity contribution in [2.24, 2.45) is 0 Å². The molecule has 0 aromatic heterocycles. The quantitative estimate of drug-likeness (QED) is 0.833. The number of ether oxygens (including phenoxy) is 1. The fourth-order valence-corrected chi connectivity index (χ4v) is 4.00. The van der Waals surface area contributed by atoms with E-state index >= 15 is 0 Å². The SMILES string of the molecule is C1CCC2(CC1)CN(CCC1CCCO1)CCN2. The van der Waals surface area contributed by atoms with Crippen LogP contribution in [-0.4, -0.2) is 49.3 Å². The highest BCUT2D eigenvalue weighted by molar-refractivity contribution is 4.96. The van der Waals surface area contributed by atoms with Gasteiger partial charge in [0.05, 0.1) is 6.10 Å². The van der Waals surface area contributed by atoms with Crippen LogP contribution in [0.3, 0.4) is 0 Å². The number of rotatable bonds is 3. The average Bonchev–Trinajstić information content (AvgIpc) is 2.91. The van der Waals surface area contributed by atoms with Crippen LogP contribution in [-0.2, 0) is 4.74 Å². The molecule has 3 aliphatic rings. The van der Waals surface area contributed by atoms with Gasteiger partial charge in [-0.3, -0.25) is 0 Å². The van der Waals surface area contributed by atoms with Crippen molar-refractivity contribution in [2.45, 2.75) is 63.0 Å². The maximum Gasteiger partial charge on any atom is 0.0588 e. The molecular formula is C15H28N2O. The van der Waals surface area contributed by atoms with Crippen molar-refractivity contribution in [2.75, 3.05) is 32.8 Å². The zero-order valence-electron chi connectivity index (χ0n) is 11.6. The second-order valence-electron chi connectivity index (χ2n) is 6.47. The number of nitrogens with one attached hydrogen (secondary N) is 1. The van der Waals surface area contributed by atoms with E-state index in [0.717, 1.165) is 6.61 Å². The summed E-state index contributed by atoms with van der Waals surface area (Å²) in [7, 11) is 0. The highest BCUT2D eigenvalue weighted by Gasteiger charge is 2.36. The monoisotopic (exact) mass is 252 g/mol. The Hall–Kier alpha value is -0.120. The summed E-state index contributed by atoms with van der Waals surface area (Å²) in [5, 5.41) is 3.82. The van der Waals surface area contributed by atoms with Crippen LogP contribution in [0, 0.1) is 0 Å². The van der Waals surface area contributed by atoms with Gasteiger partial charge in [-0.25, -0.2) is 0 Å². The second kappa shape index (κ2) is 5.89. The summed E-state index contributed by atoms with van der Waals surface area (Å²) in [6.45, 7) is 5.93. The van der Waals surface area contributed by atoms with E-state index in [2.05, 4.69) is 10.2 Å². The van der Waals surface area contributed by atoms with E-state index in [4.69, 9.17) is 4.74 Å². The smallest absolute Gasteiger partial charge is 0.0588 e. The van der Waals surface area contributed by atoms with Gasteiger partial charge in [-0.05, 0) is 32.1 Å². The molecule has 2 aliphatic heterocycles. The summed E-state index contributed by atoms with van der Waals surface area (Å²) in [6.07, 6.45) is 11.4. The fourth-order valence-electron chi connectivity index (χ4n) is 4.00. The van der Waals surface area contributed by atoms with Crippen LogP contribution in [0.2, 0.25) is 0 Å². The molecule has 3 fully saturated rings. The molecule has 3 nitrogen and oxygen atoms in total. The predicted octanol–water partition coefficient (Wildman–Crippen LogP) is 2.16. The summed E-state index contributed by atoms with van der Waals surface area (Å²) in [4.78, 5) is 2.68. The van der Waals surface area contributed by atoms with Crippen molar-refractivity contribution in [3.05, 3.63) is 0 Å². The first-order valence-electron chi connectivity index (χ1n) is 7.95. The maximum atomic E-state index is 5.74. The lowest BCUT2D eigenvalue weighted by Gasteiger charge is -2.46. The predicted molar refractivity (Wildman–Crippen MR) is 73.8 cm³/mol. The van der Waals surface area contributed by atoms with Gasteiger partial charge in [-0.1, -0.05) is 19.3 Å². The van der Waals surface area contributed by atoms with Gasteiger partial charge in [0.1, 0.15) is 0 Å². The molecule has 2 heterocycles. The minimum Gasteiger partial charge on any atom is -0.378 e. The first-order chi connectivity index (χ1) is 8.86. The summed E-state index contributed by atoms with van der Waals surface area (Å²) in [6, 6.07) is 0. The molecule has 0 radical (unpaired) electrons. The van der Waals surface area contributed by atoms with Crippen LogP contribution < -0.4 is 5.32 Å². The minimum absolute atomic E-state index is 0.465. The Morgan fingerprint density at radius 2 is 2.06 bits per heavy atom. The highest BCUT2D eigenvalue weighted by atomic mass is 16.5. The molecule has 3 heteroatoms. The second-order valence-corrected chi connectivity index (χ2v) is 6.47. The third-order valence-corrected chi connectivity index (χ3v) is 5.06. The van der Waals surface area contributed by atoms with Crippen LogP contribution in [0.5, 0.6) is 0 Å². The van der Waals surface area contributed by atoms with Crippen molar-refractivity contribution in [3.8, 4) is 0 Å². The lowest BCUT2D eigenvalue weighted by Crippen LogP contribution is -2.61. The molecule has 0 aromatic carbocycles. The first-order valence-corrected chi connectivity index (χ1v) is 7.95. The van der Waals surface area contributed by atoms with Crippen LogP contribution in [0.1, 0.15) is 51.4 Å². The van der Waals surface area contributed by atoms with E-state index in [9.17, 15) is 0 Å². The molecule has 1 N–H and O–H groups in total. The number of hydrogen-bond donors (Lipinski definition) is 1. The van der Waals surface area contributed by atoms with Gasteiger partial charge in [0.2, 0.25) is 0 Å². The van der Waals surface area contributed by atoms with Crippen molar-refractivity contribution < 1.29 is 4.74 Å². The molecule has 0 aromatic rings. The summed E-state index contributed by atoms with van der Waals surface area (Å²) in [5.41, 5.74) is 0.465.